The largest absolute Gasteiger partial charge is 0.0583 e. The number of hydrogen-bond donors (Lipinski definition) is 0. The van der Waals surface area contributed by atoms with E-state index < -0.39 is 0 Å². The van der Waals surface area contributed by atoms with Crippen LogP contribution in [0, 0.1) is 12.3 Å². The van der Waals surface area contributed by atoms with Crippen molar-refractivity contribution in [2.24, 2.45) is 5.92 Å². The van der Waals surface area contributed by atoms with Gasteiger partial charge in [-0.25, -0.2) is 0 Å². The molecule has 1 aliphatic carbocycles. The summed E-state index contributed by atoms with van der Waals surface area (Å²) in [6.45, 7) is 2.03. The molecule has 0 saturated heterocycles. The van der Waals surface area contributed by atoms with E-state index >= 15 is 0 Å². The molecule has 0 aromatic rings. The Morgan fingerprint density at radius 3 is 2.17 bits per heavy atom. The normalized spacial score (nSPS) is 23.5. The molecule has 6 heavy (non-hydrogen) atoms. The van der Waals surface area contributed by atoms with Gasteiger partial charge >= 0.3 is 0 Å². The first-order valence-electron chi connectivity index (χ1n) is 2.61. The van der Waals surface area contributed by atoms with Gasteiger partial charge in [0.25, 0.3) is 0 Å². The minimum atomic E-state index is 0.866. The molecule has 1 rings (SSSR count). The van der Waals surface area contributed by atoms with Crippen molar-refractivity contribution in [3.8, 4) is 0 Å². The Morgan fingerprint density at radius 2 is 2.17 bits per heavy atom. The topological polar surface area (TPSA) is 0 Å². The van der Waals surface area contributed by atoms with E-state index in [1.54, 1.807) is 0 Å². The zero-order valence-corrected chi connectivity index (χ0v) is 4.20. The SMILES string of the molecule is C[C]C1CCC1. The number of hydrogen-bond acceptors (Lipinski definition) is 0. The van der Waals surface area contributed by atoms with E-state index in [4.69, 9.17) is 0 Å². The highest BCUT2D eigenvalue weighted by atomic mass is 14.2. The van der Waals surface area contributed by atoms with Gasteiger partial charge in [-0.3, -0.25) is 0 Å². The Bertz CT molecular complexity index is 32.5. The maximum absolute atomic E-state index is 3.20. The zero-order chi connectivity index (χ0) is 4.41. The van der Waals surface area contributed by atoms with Gasteiger partial charge < -0.3 is 0 Å². The lowest BCUT2D eigenvalue weighted by Crippen LogP contribution is -2.08. The second-order valence-electron chi connectivity index (χ2n) is 1.92. The lowest BCUT2D eigenvalue weighted by atomic mass is 9.84. The highest BCUT2D eigenvalue weighted by molar-refractivity contribution is 4.78. The zero-order valence-electron chi connectivity index (χ0n) is 4.20. The van der Waals surface area contributed by atoms with E-state index in [1.165, 1.54) is 19.3 Å². The summed E-state index contributed by atoms with van der Waals surface area (Å²) in [5, 5.41) is 0. The summed E-state index contributed by atoms with van der Waals surface area (Å²) in [7, 11) is 0. The highest BCUT2D eigenvalue weighted by Gasteiger charge is 2.14. The van der Waals surface area contributed by atoms with Gasteiger partial charge in [0, 0.05) is 0 Å². The highest BCUT2D eigenvalue weighted by Crippen LogP contribution is 2.27. The maximum atomic E-state index is 3.20. The molecule has 1 saturated carbocycles. The Balaban J connectivity index is 2.01. The van der Waals surface area contributed by atoms with E-state index in [2.05, 4.69) is 6.42 Å². The maximum Gasteiger partial charge on any atom is -0.0173 e. The standard InChI is InChI=1S/C6H10/c1-2-6-4-3-5-6/h6H,3-5H2,1H3. The van der Waals surface area contributed by atoms with Gasteiger partial charge in [-0.1, -0.05) is 13.3 Å². The Hall–Kier alpha value is 0. The molecule has 2 radical (unpaired) electrons. The molecule has 0 aliphatic heterocycles. The molecule has 34 valence electrons. The van der Waals surface area contributed by atoms with Crippen LogP contribution in [-0.2, 0) is 0 Å². The molecule has 0 spiro atoms. The van der Waals surface area contributed by atoms with E-state index in [0.717, 1.165) is 5.92 Å². The molecular weight excluding hydrogens is 72.1 g/mol. The average Bonchev–Trinajstić information content (AvgIpc) is 1.31. The summed E-state index contributed by atoms with van der Waals surface area (Å²) in [5.41, 5.74) is 0. The van der Waals surface area contributed by atoms with Gasteiger partial charge in [0.2, 0.25) is 0 Å². The fourth-order valence-electron chi connectivity index (χ4n) is 0.697. The second-order valence-corrected chi connectivity index (χ2v) is 1.92. The van der Waals surface area contributed by atoms with Crippen molar-refractivity contribution < 1.29 is 0 Å². The molecule has 0 heterocycles. The van der Waals surface area contributed by atoms with Gasteiger partial charge in [0.15, 0.2) is 0 Å². The Morgan fingerprint density at radius 1 is 1.50 bits per heavy atom. The summed E-state index contributed by atoms with van der Waals surface area (Å²) >= 11 is 0. The van der Waals surface area contributed by atoms with Crippen molar-refractivity contribution in [2.75, 3.05) is 0 Å². The summed E-state index contributed by atoms with van der Waals surface area (Å²) in [5.74, 6) is 0.866. The van der Waals surface area contributed by atoms with Crippen molar-refractivity contribution in [3.05, 3.63) is 6.42 Å². The summed E-state index contributed by atoms with van der Waals surface area (Å²) in [6.07, 6.45) is 7.44. The van der Waals surface area contributed by atoms with Crippen LogP contribution in [0.15, 0.2) is 0 Å². The Labute approximate surface area is 39.6 Å². The molecule has 0 atom stereocenters. The molecule has 1 fully saturated rings. The quantitative estimate of drug-likeness (QED) is 0.453. The van der Waals surface area contributed by atoms with Crippen LogP contribution in [-0.4, -0.2) is 0 Å². The van der Waals surface area contributed by atoms with Crippen molar-refractivity contribution in [2.45, 2.75) is 26.2 Å². The predicted molar refractivity (Wildman–Crippen MR) is 26.3 cm³/mol. The van der Waals surface area contributed by atoms with Crippen LogP contribution >= 0.6 is 0 Å². The van der Waals surface area contributed by atoms with Gasteiger partial charge in [-0.2, -0.15) is 0 Å². The van der Waals surface area contributed by atoms with E-state index in [1.807, 2.05) is 6.92 Å². The second kappa shape index (κ2) is 1.63. The third-order valence-corrected chi connectivity index (χ3v) is 1.51. The molecule has 0 aromatic heterocycles. The molecular formula is C6H10. The van der Waals surface area contributed by atoms with Gasteiger partial charge in [-0.15, -0.1) is 0 Å². The lowest BCUT2D eigenvalue weighted by Gasteiger charge is -2.22. The molecule has 0 heteroatoms. The fraction of sp³-hybridized carbons (Fsp3) is 0.833. The molecule has 0 amide bonds. The predicted octanol–water partition coefficient (Wildman–Crippen LogP) is 1.89. The summed E-state index contributed by atoms with van der Waals surface area (Å²) in [4.78, 5) is 0. The average molecular weight is 82.1 g/mol. The van der Waals surface area contributed by atoms with Crippen LogP contribution in [0.25, 0.3) is 0 Å². The molecule has 0 bridgehead atoms. The molecule has 0 unspecified atom stereocenters. The van der Waals surface area contributed by atoms with Gasteiger partial charge in [-0.05, 0) is 25.2 Å². The third kappa shape index (κ3) is 0.562. The van der Waals surface area contributed by atoms with Crippen LogP contribution in [0.1, 0.15) is 26.2 Å². The van der Waals surface area contributed by atoms with Crippen molar-refractivity contribution in [1.82, 2.24) is 0 Å². The first-order valence-corrected chi connectivity index (χ1v) is 2.61. The van der Waals surface area contributed by atoms with Crippen LogP contribution in [0.2, 0.25) is 0 Å². The number of rotatable bonds is 1. The minimum Gasteiger partial charge on any atom is -0.0583 e. The minimum absolute atomic E-state index is 0.866. The molecule has 0 nitrogen and oxygen atoms in total. The summed E-state index contributed by atoms with van der Waals surface area (Å²) < 4.78 is 0. The van der Waals surface area contributed by atoms with Crippen LogP contribution in [0.4, 0.5) is 0 Å². The monoisotopic (exact) mass is 82.1 g/mol. The van der Waals surface area contributed by atoms with Crippen molar-refractivity contribution in [1.29, 1.82) is 0 Å². The Kier molecular flexibility index (Phi) is 1.13. The molecule has 1 aliphatic rings. The van der Waals surface area contributed by atoms with Crippen LogP contribution in [0.3, 0.4) is 0 Å². The molecule has 0 N–H and O–H groups in total. The van der Waals surface area contributed by atoms with E-state index in [0.29, 0.717) is 0 Å². The van der Waals surface area contributed by atoms with E-state index in [9.17, 15) is 0 Å². The van der Waals surface area contributed by atoms with Gasteiger partial charge in [0.1, 0.15) is 0 Å². The van der Waals surface area contributed by atoms with Crippen molar-refractivity contribution in [3.63, 3.8) is 0 Å². The van der Waals surface area contributed by atoms with E-state index in [-0.39, 0.29) is 0 Å². The third-order valence-electron chi connectivity index (χ3n) is 1.51. The smallest absolute Gasteiger partial charge is 0.0173 e. The molecule has 0 aromatic carbocycles. The first-order chi connectivity index (χ1) is 2.93. The van der Waals surface area contributed by atoms with Gasteiger partial charge in [0.05, 0.1) is 0 Å². The lowest BCUT2D eigenvalue weighted by molar-refractivity contribution is 0.363. The van der Waals surface area contributed by atoms with Crippen LogP contribution in [0.5, 0.6) is 0 Å². The first kappa shape index (κ1) is 4.17. The van der Waals surface area contributed by atoms with Crippen molar-refractivity contribution >= 4 is 0 Å². The summed E-state index contributed by atoms with van der Waals surface area (Å²) in [6, 6.07) is 0. The van der Waals surface area contributed by atoms with Crippen LogP contribution < -0.4 is 0 Å². The fourth-order valence-corrected chi connectivity index (χ4v) is 0.697.